The fourth-order valence-electron chi connectivity index (χ4n) is 2.94. The fourth-order valence-corrected chi connectivity index (χ4v) is 2.94. The quantitative estimate of drug-likeness (QED) is 0.597. The van der Waals surface area contributed by atoms with E-state index in [1.54, 1.807) is 13.3 Å². The first-order valence-corrected chi connectivity index (χ1v) is 7.28. The van der Waals surface area contributed by atoms with Crippen LogP contribution in [-0.2, 0) is 6.54 Å². The van der Waals surface area contributed by atoms with Crippen molar-refractivity contribution in [3.8, 4) is 0 Å². The summed E-state index contributed by atoms with van der Waals surface area (Å²) in [5.41, 5.74) is 0. The molecule has 4 heterocycles. The van der Waals surface area contributed by atoms with Crippen LogP contribution < -0.4 is 10.6 Å². The van der Waals surface area contributed by atoms with Crippen LogP contribution in [0.4, 0.5) is 0 Å². The predicted octanol–water partition coefficient (Wildman–Crippen LogP) is -0.0556. The van der Waals surface area contributed by atoms with Crippen molar-refractivity contribution in [2.24, 2.45) is 4.99 Å². The van der Waals surface area contributed by atoms with Gasteiger partial charge in [0, 0.05) is 52.4 Å². The summed E-state index contributed by atoms with van der Waals surface area (Å²) in [4.78, 5) is 9.38. The minimum Gasteiger partial charge on any atom is -0.467 e. The van der Waals surface area contributed by atoms with E-state index in [-0.39, 0.29) is 0 Å². The highest BCUT2D eigenvalue weighted by molar-refractivity contribution is 5.79. The molecule has 3 saturated heterocycles. The number of nitrogens with zero attached hydrogens (tertiary/aromatic N) is 3. The molecule has 20 heavy (non-hydrogen) atoms. The Morgan fingerprint density at radius 3 is 2.80 bits per heavy atom. The average Bonchev–Trinajstić information content (AvgIpc) is 3.02. The number of aliphatic imine (C=N–C) groups is 1. The molecule has 6 heteroatoms. The minimum absolute atomic E-state index is 0.597. The van der Waals surface area contributed by atoms with Crippen molar-refractivity contribution >= 4 is 5.96 Å². The van der Waals surface area contributed by atoms with E-state index < -0.39 is 0 Å². The van der Waals surface area contributed by atoms with E-state index in [0.29, 0.717) is 12.6 Å². The molecule has 1 atom stereocenters. The number of guanidine groups is 1. The molecule has 110 valence electrons. The van der Waals surface area contributed by atoms with Gasteiger partial charge in [0.25, 0.3) is 0 Å². The molecule has 0 spiro atoms. The molecule has 2 bridgehead atoms. The molecule has 0 amide bonds. The van der Waals surface area contributed by atoms with Gasteiger partial charge in [-0.25, -0.2) is 0 Å². The zero-order valence-corrected chi connectivity index (χ0v) is 12.0. The number of fused-ring (bicyclic) bond motifs is 3. The van der Waals surface area contributed by atoms with Crippen molar-refractivity contribution < 1.29 is 4.42 Å². The molecule has 1 aromatic heterocycles. The fraction of sp³-hybridized carbons (Fsp3) is 0.643. The van der Waals surface area contributed by atoms with E-state index in [2.05, 4.69) is 25.4 Å². The van der Waals surface area contributed by atoms with E-state index in [4.69, 9.17) is 4.42 Å². The van der Waals surface area contributed by atoms with E-state index in [1.807, 2.05) is 12.1 Å². The molecule has 6 nitrogen and oxygen atoms in total. The average molecular weight is 277 g/mol. The van der Waals surface area contributed by atoms with Crippen molar-refractivity contribution in [3.63, 3.8) is 0 Å². The molecule has 0 aliphatic carbocycles. The lowest BCUT2D eigenvalue weighted by atomic mass is 10.1. The number of rotatable bonds is 4. The summed E-state index contributed by atoms with van der Waals surface area (Å²) in [5, 5.41) is 6.68. The van der Waals surface area contributed by atoms with Gasteiger partial charge in [-0.1, -0.05) is 0 Å². The van der Waals surface area contributed by atoms with Crippen LogP contribution in [0.15, 0.2) is 27.8 Å². The maximum Gasteiger partial charge on any atom is 0.191 e. The van der Waals surface area contributed by atoms with E-state index in [0.717, 1.165) is 18.3 Å². The highest BCUT2D eigenvalue weighted by Gasteiger charge is 2.31. The SMILES string of the molecule is CN=C(NCc1ccco1)NCC1CN2CCN1CC2. The summed E-state index contributed by atoms with van der Waals surface area (Å²) in [6.45, 7) is 7.61. The summed E-state index contributed by atoms with van der Waals surface area (Å²) in [6, 6.07) is 4.45. The molecule has 2 N–H and O–H groups in total. The van der Waals surface area contributed by atoms with Crippen LogP contribution in [0.5, 0.6) is 0 Å². The molecular formula is C14H23N5O. The monoisotopic (exact) mass is 277 g/mol. The Kier molecular flexibility index (Phi) is 4.22. The van der Waals surface area contributed by atoms with Crippen LogP contribution in [0.2, 0.25) is 0 Å². The lowest BCUT2D eigenvalue weighted by Gasteiger charge is -2.47. The van der Waals surface area contributed by atoms with E-state index in [9.17, 15) is 0 Å². The first-order chi connectivity index (χ1) is 9.85. The Bertz CT molecular complexity index is 436. The van der Waals surface area contributed by atoms with Gasteiger partial charge < -0.3 is 15.1 Å². The van der Waals surface area contributed by atoms with Crippen LogP contribution in [0, 0.1) is 0 Å². The topological polar surface area (TPSA) is 56.0 Å². The highest BCUT2D eigenvalue weighted by atomic mass is 16.3. The first kappa shape index (κ1) is 13.5. The normalized spacial score (nSPS) is 29.4. The summed E-state index contributed by atoms with van der Waals surface area (Å²) < 4.78 is 5.30. The maximum atomic E-state index is 5.30. The molecule has 0 radical (unpaired) electrons. The van der Waals surface area contributed by atoms with Gasteiger partial charge in [0.05, 0.1) is 12.8 Å². The van der Waals surface area contributed by atoms with Gasteiger partial charge in [-0.15, -0.1) is 0 Å². The Morgan fingerprint density at radius 1 is 1.35 bits per heavy atom. The van der Waals surface area contributed by atoms with Crippen LogP contribution >= 0.6 is 0 Å². The molecule has 0 saturated carbocycles. The standard InChI is InChI=1S/C14H23N5O/c1-15-14(17-10-13-3-2-8-20-13)16-9-12-11-18-4-6-19(12)7-5-18/h2-3,8,12H,4-7,9-11H2,1H3,(H2,15,16,17). The molecule has 0 aromatic carbocycles. The third-order valence-corrected chi connectivity index (χ3v) is 4.13. The Balaban J connectivity index is 1.44. The largest absolute Gasteiger partial charge is 0.467 e. The van der Waals surface area contributed by atoms with E-state index in [1.165, 1.54) is 32.7 Å². The molecule has 3 aliphatic rings. The van der Waals surface area contributed by atoms with Gasteiger partial charge in [0.1, 0.15) is 5.76 Å². The molecule has 3 fully saturated rings. The molecule has 4 rings (SSSR count). The van der Waals surface area contributed by atoms with Crippen molar-refractivity contribution in [1.29, 1.82) is 0 Å². The van der Waals surface area contributed by atoms with E-state index >= 15 is 0 Å². The summed E-state index contributed by atoms with van der Waals surface area (Å²) in [7, 11) is 1.80. The highest BCUT2D eigenvalue weighted by Crippen LogP contribution is 2.14. The van der Waals surface area contributed by atoms with Gasteiger partial charge in [-0.3, -0.25) is 14.8 Å². The lowest BCUT2D eigenvalue weighted by Crippen LogP contribution is -2.63. The second-order valence-electron chi connectivity index (χ2n) is 5.38. The van der Waals surface area contributed by atoms with Crippen molar-refractivity contribution in [2.75, 3.05) is 46.3 Å². The number of hydrogen-bond acceptors (Lipinski definition) is 4. The van der Waals surface area contributed by atoms with Crippen LogP contribution in [0.1, 0.15) is 5.76 Å². The maximum absolute atomic E-state index is 5.30. The third-order valence-electron chi connectivity index (χ3n) is 4.13. The van der Waals surface area contributed by atoms with Gasteiger partial charge in [0.2, 0.25) is 0 Å². The van der Waals surface area contributed by atoms with Crippen LogP contribution in [0.3, 0.4) is 0 Å². The molecular weight excluding hydrogens is 254 g/mol. The van der Waals surface area contributed by atoms with Crippen LogP contribution in [0.25, 0.3) is 0 Å². The summed E-state index contributed by atoms with van der Waals surface area (Å²) >= 11 is 0. The third kappa shape index (κ3) is 3.13. The Labute approximate surface area is 119 Å². The second-order valence-corrected chi connectivity index (χ2v) is 5.38. The van der Waals surface area contributed by atoms with Gasteiger partial charge in [-0.05, 0) is 12.1 Å². The molecule has 1 aromatic rings. The van der Waals surface area contributed by atoms with Crippen molar-refractivity contribution in [2.45, 2.75) is 12.6 Å². The number of nitrogens with one attached hydrogen (secondary N) is 2. The second kappa shape index (κ2) is 6.28. The summed E-state index contributed by atoms with van der Waals surface area (Å²) in [5.74, 6) is 1.75. The number of piperazine rings is 3. The lowest BCUT2D eigenvalue weighted by molar-refractivity contribution is 0.0154. The summed E-state index contributed by atoms with van der Waals surface area (Å²) in [6.07, 6.45) is 1.69. The molecule has 3 aliphatic heterocycles. The Hall–Kier alpha value is -1.53. The zero-order chi connectivity index (χ0) is 13.8. The number of furan rings is 1. The van der Waals surface area contributed by atoms with Crippen molar-refractivity contribution in [1.82, 2.24) is 20.4 Å². The van der Waals surface area contributed by atoms with Gasteiger partial charge in [0.15, 0.2) is 5.96 Å². The zero-order valence-electron chi connectivity index (χ0n) is 12.0. The Morgan fingerprint density at radius 2 is 2.20 bits per heavy atom. The van der Waals surface area contributed by atoms with Gasteiger partial charge >= 0.3 is 0 Å². The van der Waals surface area contributed by atoms with Crippen LogP contribution in [-0.4, -0.2) is 68.1 Å². The first-order valence-electron chi connectivity index (χ1n) is 7.28. The van der Waals surface area contributed by atoms with Gasteiger partial charge in [-0.2, -0.15) is 0 Å². The smallest absolute Gasteiger partial charge is 0.191 e. The minimum atomic E-state index is 0.597. The molecule has 1 unspecified atom stereocenters. The van der Waals surface area contributed by atoms with Crippen molar-refractivity contribution in [3.05, 3.63) is 24.2 Å². The number of hydrogen-bond donors (Lipinski definition) is 2. The predicted molar refractivity (Wildman–Crippen MR) is 78.7 cm³/mol.